The zero-order valence-corrected chi connectivity index (χ0v) is 19.0. The summed E-state index contributed by atoms with van der Waals surface area (Å²) in [6.45, 7) is -0.627. The first kappa shape index (κ1) is 22.0. The number of amides is 1. The van der Waals surface area contributed by atoms with Gasteiger partial charge in [-0.2, -0.15) is 13.9 Å². The van der Waals surface area contributed by atoms with E-state index < -0.39 is 18.5 Å². The van der Waals surface area contributed by atoms with E-state index >= 15 is 0 Å². The molecule has 0 saturated carbocycles. The number of nitrogens with zero attached hydrogens (tertiary/aromatic N) is 4. The molecule has 5 aromatic rings. The molecule has 5 rings (SSSR count). The molecular weight excluding hydrogens is 456 g/mol. The van der Waals surface area contributed by atoms with Crippen molar-refractivity contribution in [3.05, 3.63) is 95.3 Å². The molecule has 0 radical (unpaired) electrons. The zero-order chi connectivity index (χ0) is 23.7. The van der Waals surface area contributed by atoms with Crippen LogP contribution in [0.5, 0.6) is 0 Å². The van der Waals surface area contributed by atoms with Gasteiger partial charge in [0, 0.05) is 6.20 Å². The van der Waals surface area contributed by atoms with Crippen molar-refractivity contribution in [3.63, 3.8) is 0 Å². The second kappa shape index (κ2) is 9.18. The smallest absolute Gasteiger partial charge is 0.320 e. The van der Waals surface area contributed by atoms with Crippen LogP contribution in [0, 0.1) is 0 Å². The van der Waals surface area contributed by atoms with Crippen molar-refractivity contribution in [2.24, 2.45) is 0 Å². The fourth-order valence-electron chi connectivity index (χ4n) is 3.95. The van der Waals surface area contributed by atoms with Crippen LogP contribution >= 0.6 is 11.3 Å². The summed E-state index contributed by atoms with van der Waals surface area (Å²) in [5.41, 5.74) is 2.76. The summed E-state index contributed by atoms with van der Waals surface area (Å²) >= 11 is 1.48. The van der Waals surface area contributed by atoms with Gasteiger partial charge in [-0.25, -0.2) is 4.98 Å². The van der Waals surface area contributed by atoms with Gasteiger partial charge in [0.1, 0.15) is 11.5 Å². The van der Waals surface area contributed by atoms with Crippen LogP contribution in [-0.2, 0) is 6.54 Å². The zero-order valence-electron chi connectivity index (χ0n) is 18.2. The highest BCUT2D eigenvalue weighted by atomic mass is 32.1. The summed E-state index contributed by atoms with van der Waals surface area (Å²) in [4.78, 5) is 18.5. The van der Waals surface area contributed by atoms with Crippen molar-refractivity contribution >= 4 is 28.3 Å². The molecule has 0 aliphatic rings. The molecule has 0 saturated heterocycles. The molecule has 172 valence electrons. The SMILES string of the molecule is C[C@H](NC(=O)c1cn(Cc2ccccc2)nc1-c1cccs1)c1nc2ccccc2n1C(F)F. The second-order valence-electron chi connectivity index (χ2n) is 7.85. The number of hydrogen-bond acceptors (Lipinski definition) is 4. The lowest BCUT2D eigenvalue weighted by Crippen LogP contribution is -2.29. The van der Waals surface area contributed by atoms with Gasteiger partial charge >= 0.3 is 6.55 Å². The number of halogens is 2. The number of carbonyl (C=O) groups is 1. The lowest BCUT2D eigenvalue weighted by atomic mass is 10.2. The Morgan fingerprint density at radius 3 is 2.56 bits per heavy atom. The number of aromatic nitrogens is 4. The molecule has 0 bridgehead atoms. The van der Waals surface area contributed by atoms with Gasteiger partial charge in [0.15, 0.2) is 0 Å². The van der Waals surface area contributed by atoms with Gasteiger partial charge in [0.25, 0.3) is 5.91 Å². The number of rotatable bonds is 7. The Morgan fingerprint density at radius 1 is 1.06 bits per heavy atom. The summed E-state index contributed by atoms with van der Waals surface area (Å²) in [5, 5.41) is 9.42. The topological polar surface area (TPSA) is 64.7 Å². The largest absolute Gasteiger partial charge is 0.342 e. The number of alkyl halides is 2. The van der Waals surface area contributed by atoms with Gasteiger partial charge in [-0.05, 0) is 36.1 Å². The van der Waals surface area contributed by atoms with Gasteiger partial charge in [0.05, 0.1) is 34.1 Å². The van der Waals surface area contributed by atoms with Crippen LogP contribution < -0.4 is 5.32 Å². The Balaban J connectivity index is 1.46. The number of fused-ring (bicyclic) bond motifs is 1. The molecule has 0 fully saturated rings. The molecule has 0 unspecified atom stereocenters. The van der Waals surface area contributed by atoms with Crippen LogP contribution in [0.1, 0.15) is 41.3 Å². The van der Waals surface area contributed by atoms with Crippen LogP contribution in [0.25, 0.3) is 21.6 Å². The average Bonchev–Trinajstić information content (AvgIpc) is 3.57. The molecular formula is C25H21F2N5OS. The number of imidazole rings is 1. The number of nitrogens with one attached hydrogen (secondary N) is 1. The van der Waals surface area contributed by atoms with Crippen molar-refractivity contribution in [2.75, 3.05) is 0 Å². The van der Waals surface area contributed by atoms with Gasteiger partial charge in [-0.1, -0.05) is 48.5 Å². The van der Waals surface area contributed by atoms with E-state index in [1.165, 1.54) is 11.3 Å². The molecule has 1 amide bonds. The molecule has 0 aliphatic carbocycles. The Morgan fingerprint density at radius 2 is 1.82 bits per heavy atom. The summed E-state index contributed by atoms with van der Waals surface area (Å²) < 4.78 is 30.3. The fraction of sp³-hybridized carbons (Fsp3) is 0.160. The van der Waals surface area contributed by atoms with E-state index in [1.807, 2.05) is 47.8 Å². The maximum atomic E-state index is 13.9. The molecule has 0 spiro atoms. The standard InChI is InChI=1S/C25H21F2N5OS/c1-16(23-29-19-10-5-6-11-20(19)32(23)25(26)27)28-24(33)18-15-31(14-17-8-3-2-4-9-17)30-22(18)21-12-7-13-34-21/h2-13,15-16,25H,14H2,1H3,(H,28,33)/t16-/m0/s1. The van der Waals surface area contributed by atoms with Crippen molar-refractivity contribution in [1.29, 1.82) is 0 Å². The van der Waals surface area contributed by atoms with E-state index in [0.29, 0.717) is 28.8 Å². The van der Waals surface area contributed by atoms with E-state index in [9.17, 15) is 13.6 Å². The van der Waals surface area contributed by atoms with E-state index in [-0.39, 0.29) is 5.82 Å². The Kier molecular flexibility index (Phi) is 5.93. The van der Waals surface area contributed by atoms with Crippen molar-refractivity contribution in [1.82, 2.24) is 24.6 Å². The van der Waals surface area contributed by atoms with Crippen LogP contribution in [0.15, 0.2) is 78.3 Å². The van der Waals surface area contributed by atoms with Crippen molar-refractivity contribution in [3.8, 4) is 10.6 Å². The Bertz CT molecular complexity index is 1430. The van der Waals surface area contributed by atoms with Crippen LogP contribution in [-0.4, -0.2) is 25.2 Å². The molecule has 6 nitrogen and oxygen atoms in total. The fourth-order valence-corrected chi connectivity index (χ4v) is 4.67. The predicted octanol–water partition coefficient (Wildman–Crippen LogP) is 5.90. The van der Waals surface area contributed by atoms with Crippen LogP contribution in [0.2, 0.25) is 0 Å². The van der Waals surface area contributed by atoms with Gasteiger partial charge in [0.2, 0.25) is 0 Å². The third-order valence-corrected chi connectivity index (χ3v) is 6.38. The van der Waals surface area contributed by atoms with Crippen molar-refractivity contribution < 1.29 is 13.6 Å². The Labute approximate surface area is 198 Å². The highest BCUT2D eigenvalue weighted by Gasteiger charge is 2.25. The minimum absolute atomic E-state index is 0.0962. The number of hydrogen-bond donors (Lipinski definition) is 1. The monoisotopic (exact) mass is 477 g/mol. The molecule has 0 aliphatic heterocycles. The van der Waals surface area contributed by atoms with E-state index in [4.69, 9.17) is 0 Å². The summed E-state index contributed by atoms with van der Waals surface area (Å²) in [5.74, 6) is -0.304. The minimum atomic E-state index is -2.78. The van der Waals surface area contributed by atoms with Crippen molar-refractivity contribution in [2.45, 2.75) is 26.1 Å². The minimum Gasteiger partial charge on any atom is -0.342 e. The van der Waals surface area contributed by atoms with E-state index in [0.717, 1.165) is 15.0 Å². The average molecular weight is 478 g/mol. The molecule has 9 heteroatoms. The number of para-hydroxylation sites is 2. The first-order valence-corrected chi connectivity index (χ1v) is 11.6. The van der Waals surface area contributed by atoms with Gasteiger partial charge in [-0.15, -0.1) is 11.3 Å². The quantitative estimate of drug-likeness (QED) is 0.318. The first-order chi connectivity index (χ1) is 16.5. The maximum Gasteiger partial charge on any atom is 0.320 e. The molecule has 3 heterocycles. The molecule has 3 aromatic heterocycles. The van der Waals surface area contributed by atoms with Crippen LogP contribution in [0.4, 0.5) is 8.78 Å². The predicted molar refractivity (Wildman–Crippen MR) is 128 cm³/mol. The lowest BCUT2D eigenvalue weighted by molar-refractivity contribution is 0.0688. The molecule has 1 N–H and O–H groups in total. The van der Waals surface area contributed by atoms with E-state index in [1.54, 1.807) is 42.1 Å². The third-order valence-electron chi connectivity index (χ3n) is 5.50. The number of carbonyl (C=O) groups excluding carboxylic acids is 1. The maximum absolute atomic E-state index is 13.9. The second-order valence-corrected chi connectivity index (χ2v) is 8.80. The number of benzene rings is 2. The molecule has 34 heavy (non-hydrogen) atoms. The van der Waals surface area contributed by atoms with Gasteiger partial charge in [-0.3, -0.25) is 14.0 Å². The molecule has 1 atom stereocenters. The normalized spacial score (nSPS) is 12.4. The Hall–Kier alpha value is -3.85. The molecule has 2 aromatic carbocycles. The highest BCUT2D eigenvalue weighted by molar-refractivity contribution is 7.13. The van der Waals surface area contributed by atoms with Gasteiger partial charge < -0.3 is 5.32 Å². The van der Waals surface area contributed by atoms with E-state index in [2.05, 4.69) is 15.4 Å². The first-order valence-electron chi connectivity index (χ1n) is 10.7. The summed E-state index contributed by atoms with van der Waals surface area (Å²) in [6, 6.07) is 19.6. The lowest BCUT2D eigenvalue weighted by Gasteiger charge is -2.15. The number of thiophene rings is 1. The van der Waals surface area contributed by atoms with Crippen LogP contribution in [0.3, 0.4) is 0 Å². The third kappa shape index (κ3) is 4.22. The summed E-state index contributed by atoms with van der Waals surface area (Å²) in [7, 11) is 0. The highest BCUT2D eigenvalue weighted by Crippen LogP contribution is 2.29. The summed E-state index contributed by atoms with van der Waals surface area (Å²) in [6.07, 6.45) is 1.69.